The van der Waals surface area contributed by atoms with Gasteiger partial charge in [-0.25, -0.2) is 0 Å². The maximum Gasteiger partial charge on any atom is 0.246 e. The highest BCUT2D eigenvalue weighted by Crippen LogP contribution is 2.21. The van der Waals surface area contributed by atoms with Gasteiger partial charge in [-0.15, -0.1) is 0 Å². The summed E-state index contributed by atoms with van der Waals surface area (Å²) < 4.78 is 6.62. The molecule has 0 unspecified atom stereocenters. The summed E-state index contributed by atoms with van der Waals surface area (Å²) in [7, 11) is 1.54. The second-order valence-electron chi connectivity index (χ2n) is 6.27. The van der Waals surface area contributed by atoms with Crippen molar-refractivity contribution in [1.29, 1.82) is 0 Å². The van der Waals surface area contributed by atoms with Gasteiger partial charge >= 0.3 is 0 Å². The van der Waals surface area contributed by atoms with Crippen molar-refractivity contribution in [3.8, 4) is 0 Å². The number of likely N-dealkylation sites (N-methyl/N-ethyl adjacent to an activating group) is 1. The van der Waals surface area contributed by atoms with Crippen molar-refractivity contribution in [2.24, 2.45) is 0 Å². The van der Waals surface area contributed by atoms with Crippen molar-refractivity contribution in [2.75, 3.05) is 18.9 Å². The Balaban J connectivity index is 1.95. The van der Waals surface area contributed by atoms with Crippen LogP contribution in [0.2, 0.25) is 5.15 Å². The van der Waals surface area contributed by atoms with Crippen LogP contribution < -0.4 is 5.32 Å². The lowest BCUT2D eigenvalue weighted by Crippen LogP contribution is -2.33. The van der Waals surface area contributed by atoms with E-state index in [-0.39, 0.29) is 18.4 Å². The van der Waals surface area contributed by atoms with Gasteiger partial charge in [0.15, 0.2) is 5.82 Å². The molecule has 0 spiro atoms. The minimum atomic E-state index is -0.367. The SMILES string of the molecule is CCCCn1nc(C)c(/C=C/C(=O)N(C)CC(=O)Nc2cc(C)on2)c1Cl. The maximum absolute atomic E-state index is 12.3. The Kier molecular flexibility index (Phi) is 7.18. The van der Waals surface area contributed by atoms with Gasteiger partial charge in [0.25, 0.3) is 0 Å². The van der Waals surface area contributed by atoms with Crippen molar-refractivity contribution in [3.63, 3.8) is 0 Å². The molecule has 8 nitrogen and oxygen atoms in total. The molecule has 2 heterocycles. The number of halogens is 1. The third kappa shape index (κ3) is 5.68. The molecule has 0 radical (unpaired) electrons. The van der Waals surface area contributed by atoms with Gasteiger partial charge in [-0.05, 0) is 26.3 Å². The molecule has 0 atom stereocenters. The van der Waals surface area contributed by atoms with Crippen molar-refractivity contribution in [2.45, 2.75) is 40.2 Å². The van der Waals surface area contributed by atoms with Crippen LogP contribution in [0.4, 0.5) is 5.82 Å². The predicted molar refractivity (Wildman–Crippen MR) is 103 cm³/mol. The highest BCUT2D eigenvalue weighted by atomic mass is 35.5. The molecule has 146 valence electrons. The summed E-state index contributed by atoms with van der Waals surface area (Å²) in [6.45, 7) is 6.28. The molecule has 0 aliphatic rings. The monoisotopic (exact) mass is 393 g/mol. The molecular weight excluding hydrogens is 370 g/mol. The third-order valence-electron chi connectivity index (χ3n) is 3.88. The molecule has 0 aliphatic carbocycles. The molecule has 2 rings (SSSR count). The Labute approximate surface area is 163 Å². The lowest BCUT2D eigenvalue weighted by Gasteiger charge is -2.13. The summed E-state index contributed by atoms with van der Waals surface area (Å²) in [5.41, 5.74) is 1.46. The molecular formula is C18H24ClN5O3. The highest BCUT2D eigenvalue weighted by molar-refractivity contribution is 6.31. The zero-order valence-corrected chi connectivity index (χ0v) is 16.7. The maximum atomic E-state index is 12.3. The summed E-state index contributed by atoms with van der Waals surface area (Å²) in [6.07, 6.45) is 5.03. The van der Waals surface area contributed by atoms with Crippen LogP contribution in [0.25, 0.3) is 6.08 Å². The van der Waals surface area contributed by atoms with Crippen LogP contribution in [-0.4, -0.2) is 45.2 Å². The quantitative estimate of drug-likeness (QED) is 0.695. The summed E-state index contributed by atoms with van der Waals surface area (Å²) in [6, 6.07) is 1.60. The van der Waals surface area contributed by atoms with Crippen LogP contribution in [0.15, 0.2) is 16.7 Å². The molecule has 2 aromatic heterocycles. The smallest absolute Gasteiger partial charge is 0.246 e. The number of aromatic nitrogens is 3. The summed E-state index contributed by atoms with van der Waals surface area (Å²) in [5, 5.41) is 11.1. The van der Waals surface area contributed by atoms with Gasteiger partial charge in [-0.1, -0.05) is 30.1 Å². The van der Waals surface area contributed by atoms with Crippen LogP contribution in [-0.2, 0) is 16.1 Å². The normalized spacial score (nSPS) is 11.1. The molecule has 2 amide bonds. The van der Waals surface area contributed by atoms with Crippen molar-refractivity contribution >= 4 is 35.3 Å². The number of anilines is 1. The number of nitrogens with one attached hydrogen (secondary N) is 1. The van der Waals surface area contributed by atoms with E-state index in [9.17, 15) is 9.59 Å². The van der Waals surface area contributed by atoms with E-state index >= 15 is 0 Å². The van der Waals surface area contributed by atoms with Gasteiger partial charge < -0.3 is 14.7 Å². The molecule has 0 saturated carbocycles. The van der Waals surface area contributed by atoms with Crippen LogP contribution in [0.1, 0.15) is 36.8 Å². The zero-order valence-electron chi connectivity index (χ0n) is 16.0. The van der Waals surface area contributed by atoms with Gasteiger partial charge in [0, 0.05) is 31.3 Å². The lowest BCUT2D eigenvalue weighted by molar-refractivity contribution is -0.129. The van der Waals surface area contributed by atoms with Crippen LogP contribution >= 0.6 is 11.6 Å². The minimum absolute atomic E-state index is 0.114. The largest absolute Gasteiger partial charge is 0.360 e. The first-order valence-corrected chi connectivity index (χ1v) is 9.08. The molecule has 9 heteroatoms. The van der Waals surface area contributed by atoms with Crippen LogP contribution in [0.3, 0.4) is 0 Å². The van der Waals surface area contributed by atoms with Crippen molar-refractivity contribution in [1.82, 2.24) is 19.8 Å². The first kappa shape index (κ1) is 20.7. The van der Waals surface area contributed by atoms with Gasteiger partial charge in [0.1, 0.15) is 10.9 Å². The van der Waals surface area contributed by atoms with Crippen LogP contribution in [0.5, 0.6) is 0 Å². The predicted octanol–water partition coefficient (Wildman–Crippen LogP) is 3.05. The number of carbonyl (C=O) groups is 2. The minimum Gasteiger partial charge on any atom is -0.360 e. The number of hydrogen-bond acceptors (Lipinski definition) is 5. The average Bonchev–Trinajstić information content (AvgIpc) is 3.13. The van der Waals surface area contributed by atoms with E-state index < -0.39 is 0 Å². The molecule has 0 fully saturated rings. The topological polar surface area (TPSA) is 93.3 Å². The molecule has 0 aromatic carbocycles. The fraction of sp³-hybridized carbons (Fsp3) is 0.444. The number of nitrogens with zero attached hydrogens (tertiary/aromatic N) is 4. The van der Waals surface area contributed by atoms with E-state index in [2.05, 4.69) is 22.5 Å². The Morgan fingerprint density at radius 3 is 2.78 bits per heavy atom. The van der Waals surface area contributed by atoms with Gasteiger partial charge in [0.05, 0.1) is 12.2 Å². The van der Waals surface area contributed by atoms with Gasteiger partial charge in [-0.3, -0.25) is 14.3 Å². The average molecular weight is 394 g/mol. The third-order valence-corrected chi connectivity index (χ3v) is 4.28. The van der Waals surface area contributed by atoms with E-state index in [4.69, 9.17) is 16.1 Å². The van der Waals surface area contributed by atoms with Crippen molar-refractivity contribution < 1.29 is 14.1 Å². The second-order valence-corrected chi connectivity index (χ2v) is 6.62. The summed E-state index contributed by atoms with van der Waals surface area (Å²) in [5.74, 6) is 0.215. The standard InChI is InChI=1S/C18H24ClN5O3/c1-5-6-9-24-18(19)14(13(3)21-24)7-8-17(26)23(4)11-16(25)20-15-10-12(2)27-22-15/h7-8,10H,5-6,9,11H2,1-4H3,(H,20,22,25)/b8-7+. The summed E-state index contributed by atoms with van der Waals surface area (Å²) in [4.78, 5) is 25.5. The molecule has 27 heavy (non-hydrogen) atoms. The lowest BCUT2D eigenvalue weighted by atomic mass is 10.2. The molecule has 2 aromatic rings. The first-order valence-electron chi connectivity index (χ1n) is 8.71. The molecule has 0 saturated heterocycles. The Hall–Kier alpha value is -2.61. The van der Waals surface area contributed by atoms with Gasteiger partial charge in [-0.2, -0.15) is 5.10 Å². The van der Waals surface area contributed by atoms with E-state index in [0.29, 0.717) is 22.3 Å². The zero-order chi connectivity index (χ0) is 20.0. The Morgan fingerprint density at radius 2 is 2.15 bits per heavy atom. The van der Waals surface area contributed by atoms with Gasteiger partial charge in [0.2, 0.25) is 11.8 Å². The number of amides is 2. The number of carbonyl (C=O) groups excluding carboxylic acids is 2. The van der Waals surface area contributed by atoms with E-state index in [1.807, 2.05) is 6.92 Å². The van der Waals surface area contributed by atoms with E-state index in [1.165, 1.54) is 11.0 Å². The Bertz CT molecular complexity index is 840. The molecule has 0 bridgehead atoms. The molecule has 0 aliphatic heterocycles. The number of aryl methyl sites for hydroxylation is 3. The van der Waals surface area contributed by atoms with Crippen LogP contribution in [0, 0.1) is 13.8 Å². The van der Waals surface area contributed by atoms with Crippen molar-refractivity contribution in [3.05, 3.63) is 34.3 Å². The summed E-state index contributed by atoms with van der Waals surface area (Å²) >= 11 is 6.35. The number of hydrogen-bond donors (Lipinski definition) is 1. The fourth-order valence-electron chi connectivity index (χ4n) is 2.40. The number of rotatable bonds is 8. The first-order chi connectivity index (χ1) is 12.8. The second kappa shape index (κ2) is 9.36. The number of unbranched alkanes of at least 4 members (excludes halogenated alkanes) is 1. The highest BCUT2D eigenvalue weighted by Gasteiger charge is 2.14. The fourth-order valence-corrected chi connectivity index (χ4v) is 2.72. The Morgan fingerprint density at radius 1 is 1.41 bits per heavy atom. The van der Waals surface area contributed by atoms with E-state index in [0.717, 1.165) is 25.1 Å². The van der Waals surface area contributed by atoms with E-state index in [1.54, 1.807) is 30.8 Å². The molecule has 1 N–H and O–H groups in total.